The molecule has 1 nitrogen and oxygen atoms in total. The van der Waals surface area contributed by atoms with Crippen LogP contribution in [-0.2, 0) is 0 Å². The molecule has 0 saturated heterocycles. The minimum Gasteiger partial charge on any atom is -0.480 e. The molecule has 0 aliphatic carbocycles. The number of hydrogen-bond donors (Lipinski definition) is 0. The van der Waals surface area contributed by atoms with Gasteiger partial charge in [0.1, 0.15) is 5.75 Å². The first kappa shape index (κ1) is 10.2. The lowest BCUT2D eigenvalue weighted by molar-refractivity contribution is 0.640. The van der Waals surface area contributed by atoms with Gasteiger partial charge < -0.3 is 4.52 Å². The summed E-state index contributed by atoms with van der Waals surface area (Å²) in [7, 11) is 2.23. The number of para-hydroxylation sites is 1. The molecule has 0 aliphatic heterocycles. The zero-order valence-electron chi connectivity index (χ0n) is 5.70. The van der Waals surface area contributed by atoms with Crippen LogP contribution in [0, 0.1) is 6.92 Å². The van der Waals surface area contributed by atoms with Crippen LogP contribution in [0.2, 0.25) is 0 Å². The molecule has 0 N–H and O–H groups in total. The molecule has 0 fully saturated rings. The molecular weight excluding hydrogens is 258 g/mol. The van der Waals surface area contributed by atoms with Crippen LogP contribution in [-0.4, -0.2) is 0 Å². The summed E-state index contributed by atoms with van der Waals surface area (Å²) < 4.78 is 4.96. The van der Waals surface area contributed by atoms with Gasteiger partial charge in [-0.25, -0.2) is 0 Å². The molecule has 0 amide bonds. The van der Waals surface area contributed by atoms with E-state index in [1.807, 2.05) is 31.2 Å². The fraction of sp³-hybridized carbons (Fsp3) is 0.143. The van der Waals surface area contributed by atoms with Crippen LogP contribution in [0.4, 0.5) is 0 Å². The normalized spacial score (nSPS) is 8.20. The molecule has 1 atom stereocenters. The maximum Gasteiger partial charge on any atom is 0.125 e. The number of hydrogen-bond acceptors (Lipinski definition) is 1. The molecule has 3 heteroatoms. The molecule has 0 heterocycles. The number of benzene rings is 1. The Balaban J connectivity index is 0.000000810. The molecule has 0 aliphatic rings. The van der Waals surface area contributed by atoms with E-state index in [2.05, 4.69) is 9.47 Å². The van der Waals surface area contributed by atoms with Crippen molar-refractivity contribution in [3.8, 4) is 5.75 Å². The van der Waals surface area contributed by atoms with Crippen molar-refractivity contribution in [3.05, 3.63) is 29.8 Å². The second kappa shape index (κ2) is 4.91. The van der Waals surface area contributed by atoms with Gasteiger partial charge in [0.15, 0.2) is 0 Å². The third-order valence-electron chi connectivity index (χ3n) is 1.22. The van der Waals surface area contributed by atoms with E-state index in [1.54, 1.807) is 0 Å². The van der Waals surface area contributed by atoms with Gasteiger partial charge in [-0.15, -0.1) is 24.0 Å². The Morgan fingerprint density at radius 3 is 2.30 bits per heavy atom. The van der Waals surface area contributed by atoms with Crippen LogP contribution in [0.1, 0.15) is 5.56 Å². The topological polar surface area (TPSA) is 9.23 Å². The molecule has 10 heavy (non-hydrogen) atoms. The molecule has 56 valence electrons. The van der Waals surface area contributed by atoms with Gasteiger partial charge in [-0.1, -0.05) is 18.2 Å². The fourth-order valence-corrected chi connectivity index (χ4v) is 0.953. The van der Waals surface area contributed by atoms with E-state index in [-0.39, 0.29) is 24.0 Å². The average molecular weight is 268 g/mol. The Hall–Kier alpha value is 0.180. The summed E-state index contributed by atoms with van der Waals surface area (Å²) in [5, 5.41) is 0. The summed E-state index contributed by atoms with van der Waals surface area (Å²) in [6.45, 7) is 2.01. The Bertz CT molecular complexity index is 203. The largest absolute Gasteiger partial charge is 0.480 e. The van der Waals surface area contributed by atoms with Crippen LogP contribution in [0.5, 0.6) is 5.75 Å². The lowest BCUT2D eigenvalue weighted by Crippen LogP contribution is -1.77. The van der Waals surface area contributed by atoms with E-state index < -0.39 is 0 Å². The Morgan fingerprint density at radius 2 is 1.90 bits per heavy atom. The first-order valence-corrected chi connectivity index (χ1v) is 3.24. The van der Waals surface area contributed by atoms with E-state index >= 15 is 0 Å². The summed E-state index contributed by atoms with van der Waals surface area (Å²) in [5.41, 5.74) is 1.16. The van der Waals surface area contributed by atoms with Crippen molar-refractivity contribution in [2.45, 2.75) is 6.92 Å². The molecule has 1 rings (SSSR count). The maximum absolute atomic E-state index is 4.96. The highest BCUT2D eigenvalue weighted by molar-refractivity contribution is 14.0. The summed E-state index contributed by atoms with van der Waals surface area (Å²) in [6, 6.07) is 7.89. The zero-order valence-corrected chi connectivity index (χ0v) is 9.19. The second-order valence-corrected chi connectivity index (χ2v) is 2.12. The highest BCUT2D eigenvalue weighted by Gasteiger charge is 1.91. The molecule has 1 aromatic rings. The minimum atomic E-state index is 0. The van der Waals surface area contributed by atoms with Crippen molar-refractivity contribution in [1.82, 2.24) is 0 Å². The van der Waals surface area contributed by atoms with Crippen LogP contribution in [0.15, 0.2) is 24.3 Å². The lowest BCUT2D eigenvalue weighted by atomic mass is 10.2. The van der Waals surface area contributed by atoms with E-state index in [0.717, 1.165) is 11.3 Å². The molecular formula is C7H10IOP. The van der Waals surface area contributed by atoms with Gasteiger partial charge >= 0.3 is 0 Å². The van der Waals surface area contributed by atoms with E-state index in [4.69, 9.17) is 4.52 Å². The summed E-state index contributed by atoms with van der Waals surface area (Å²) in [6.07, 6.45) is 0. The van der Waals surface area contributed by atoms with Gasteiger partial charge in [0.25, 0.3) is 0 Å². The fourth-order valence-electron chi connectivity index (χ4n) is 0.689. The Kier molecular flexibility index (Phi) is 5.00. The predicted octanol–water partition coefficient (Wildman–Crippen LogP) is 2.78. The van der Waals surface area contributed by atoms with Gasteiger partial charge in [0.05, 0.1) is 9.47 Å². The summed E-state index contributed by atoms with van der Waals surface area (Å²) in [5.74, 6) is 0.919. The van der Waals surface area contributed by atoms with E-state index in [0.29, 0.717) is 0 Å². The molecule has 0 spiro atoms. The van der Waals surface area contributed by atoms with E-state index in [9.17, 15) is 0 Å². The standard InChI is InChI=1S/C7H9OP.HI/c1-6-4-2-3-5-7(6)8-9;/h2-5H,9H2,1H3;1H. The molecule has 0 radical (unpaired) electrons. The van der Waals surface area contributed by atoms with Crippen molar-refractivity contribution >= 4 is 33.4 Å². The van der Waals surface area contributed by atoms with Crippen molar-refractivity contribution < 1.29 is 4.52 Å². The Morgan fingerprint density at radius 1 is 1.30 bits per heavy atom. The molecule has 0 saturated carbocycles. The second-order valence-electron chi connectivity index (χ2n) is 1.88. The SMILES string of the molecule is Cc1ccccc1OP.I. The monoisotopic (exact) mass is 268 g/mol. The predicted molar refractivity (Wildman–Crippen MR) is 56.9 cm³/mol. The first-order valence-electron chi connectivity index (χ1n) is 2.77. The quantitative estimate of drug-likeness (QED) is 0.562. The van der Waals surface area contributed by atoms with Crippen molar-refractivity contribution in [2.75, 3.05) is 0 Å². The average Bonchev–Trinajstić information content (AvgIpc) is 1.89. The van der Waals surface area contributed by atoms with Gasteiger partial charge in [-0.2, -0.15) is 0 Å². The third kappa shape index (κ3) is 2.43. The van der Waals surface area contributed by atoms with Gasteiger partial charge in [0, 0.05) is 0 Å². The number of rotatable bonds is 1. The third-order valence-corrected chi connectivity index (χ3v) is 1.47. The lowest BCUT2D eigenvalue weighted by Gasteiger charge is -2.00. The van der Waals surface area contributed by atoms with Crippen molar-refractivity contribution in [1.29, 1.82) is 0 Å². The van der Waals surface area contributed by atoms with Crippen LogP contribution >= 0.6 is 33.4 Å². The van der Waals surface area contributed by atoms with Crippen molar-refractivity contribution in [3.63, 3.8) is 0 Å². The van der Waals surface area contributed by atoms with Gasteiger partial charge in [-0.3, -0.25) is 0 Å². The van der Waals surface area contributed by atoms with Crippen molar-refractivity contribution in [2.24, 2.45) is 0 Å². The summed E-state index contributed by atoms with van der Waals surface area (Å²) >= 11 is 0. The number of halogens is 1. The molecule has 1 aromatic carbocycles. The Labute approximate surface area is 80.5 Å². The smallest absolute Gasteiger partial charge is 0.125 e. The van der Waals surface area contributed by atoms with E-state index in [1.165, 1.54) is 0 Å². The van der Waals surface area contributed by atoms with Crippen LogP contribution in [0.3, 0.4) is 0 Å². The number of aryl methyl sites for hydroxylation is 1. The van der Waals surface area contributed by atoms with Crippen LogP contribution < -0.4 is 4.52 Å². The van der Waals surface area contributed by atoms with Crippen LogP contribution in [0.25, 0.3) is 0 Å². The van der Waals surface area contributed by atoms with Gasteiger partial charge in [0.2, 0.25) is 0 Å². The maximum atomic E-state index is 4.96. The highest BCUT2D eigenvalue weighted by atomic mass is 127. The summed E-state index contributed by atoms with van der Waals surface area (Å²) in [4.78, 5) is 0. The minimum absolute atomic E-state index is 0. The van der Waals surface area contributed by atoms with Gasteiger partial charge in [-0.05, 0) is 18.6 Å². The molecule has 0 bridgehead atoms. The molecule has 0 aromatic heterocycles. The highest BCUT2D eigenvalue weighted by Crippen LogP contribution is 2.17. The first-order chi connectivity index (χ1) is 4.34. The molecule has 1 unspecified atom stereocenters. The zero-order chi connectivity index (χ0) is 6.69.